The van der Waals surface area contributed by atoms with Gasteiger partial charge in [0, 0.05) is 30.2 Å². The van der Waals surface area contributed by atoms with Gasteiger partial charge in [-0.15, -0.1) is 0 Å². The van der Waals surface area contributed by atoms with Crippen molar-refractivity contribution in [2.24, 2.45) is 5.92 Å². The number of rotatable bonds is 6. The molecule has 7 heteroatoms. The lowest BCUT2D eigenvalue weighted by Crippen LogP contribution is -2.46. The molecule has 162 valence electrons. The molecule has 2 aromatic rings. The van der Waals surface area contributed by atoms with Crippen LogP contribution in [0, 0.1) is 23.1 Å². The second-order valence-corrected chi connectivity index (χ2v) is 9.23. The fourth-order valence-corrected chi connectivity index (χ4v) is 5.16. The van der Waals surface area contributed by atoms with Crippen molar-refractivity contribution in [2.45, 2.75) is 30.7 Å². The number of nitriles is 1. The van der Waals surface area contributed by atoms with Gasteiger partial charge in [-0.3, -0.25) is 0 Å². The summed E-state index contributed by atoms with van der Waals surface area (Å²) in [4.78, 5) is 17.2. The molecular formula is C24H26ClFN4O. The van der Waals surface area contributed by atoms with Gasteiger partial charge in [-0.05, 0) is 75.2 Å². The molecule has 2 saturated carbocycles. The van der Waals surface area contributed by atoms with Crippen LogP contribution in [-0.2, 0) is 5.41 Å². The molecule has 1 N–H and O–H groups in total. The first-order valence-corrected chi connectivity index (χ1v) is 10.9. The summed E-state index contributed by atoms with van der Waals surface area (Å²) in [6, 6.07) is 14.2. The number of hydrogen-bond acceptors (Lipinski definition) is 3. The average molecular weight is 441 g/mol. The van der Waals surface area contributed by atoms with Crippen LogP contribution in [0.25, 0.3) is 0 Å². The van der Waals surface area contributed by atoms with Crippen molar-refractivity contribution in [1.29, 1.82) is 5.26 Å². The second kappa shape index (κ2) is 8.49. The van der Waals surface area contributed by atoms with Crippen LogP contribution in [0.4, 0.5) is 14.9 Å². The summed E-state index contributed by atoms with van der Waals surface area (Å²) in [5.74, 6) is -0.131. The predicted octanol–water partition coefficient (Wildman–Crippen LogP) is 4.87. The number of carbonyl (C=O) groups excluding carboxylic acids is 1. The Hall–Kier alpha value is -2.62. The number of halogens is 2. The Kier molecular flexibility index (Phi) is 5.92. The van der Waals surface area contributed by atoms with Gasteiger partial charge in [0.15, 0.2) is 0 Å². The summed E-state index contributed by atoms with van der Waals surface area (Å²) in [5, 5.41) is 12.1. The Bertz CT molecular complexity index is 1040. The van der Waals surface area contributed by atoms with E-state index in [1.54, 1.807) is 0 Å². The maximum atomic E-state index is 13.5. The molecule has 2 fully saturated rings. The molecule has 2 aliphatic rings. The zero-order chi connectivity index (χ0) is 22.2. The molecule has 4 rings (SSSR count). The van der Waals surface area contributed by atoms with E-state index in [0.29, 0.717) is 23.7 Å². The van der Waals surface area contributed by atoms with Crippen LogP contribution in [0.15, 0.2) is 42.5 Å². The van der Waals surface area contributed by atoms with E-state index >= 15 is 0 Å². The zero-order valence-electron chi connectivity index (χ0n) is 17.7. The van der Waals surface area contributed by atoms with Gasteiger partial charge in [-0.25, -0.2) is 9.18 Å². The Morgan fingerprint density at radius 2 is 2.10 bits per heavy atom. The predicted molar refractivity (Wildman–Crippen MR) is 120 cm³/mol. The maximum Gasteiger partial charge on any atom is 0.322 e. The summed E-state index contributed by atoms with van der Waals surface area (Å²) in [6.07, 6.45) is 2.96. The third-order valence-electron chi connectivity index (χ3n) is 6.67. The fourth-order valence-electron chi connectivity index (χ4n) is 4.97. The van der Waals surface area contributed by atoms with Gasteiger partial charge in [-0.1, -0.05) is 23.7 Å². The normalized spacial score (nSPS) is 23.9. The maximum absolute atomic E-state index is 13.5. The molecule has 2 amide bonds. The highest BCUT2D eigenvalue weighted by atomic mass is 35.5. The Morgan fingerprint density at radius 1 is 1.29 bits per heavy atom. The molecular weight excluding hydrogens is 415 g/mol. The van der Waals surface area contributed by atoms with Crippen molar-refractivity contribution >= 4 is 23.3 Å². The number of fused-ring (bicyclic) bond motifs is 1. The smallest absolute Gasteiger partial charge is 0.320 e. The van der Waals surface area contributed by atoms with E-state index < -0.39 is 5.82 Å². The number of carbonyl (C=O) groups is 1. The quantitative estimate of drug-likeness (QED) is 0.697. The topological polar surface area (TPSA) is 59.4 Å². The highest BCUT2D eigenvalue weighted by molar-refractivity contribution is 6.31. The van der Waals surface area contributed by atoms with Crippen molar-refractivity contribution < 1.29 is 9.18 Å². The van der Waals surface area contributed by atoms with Gasteiger partial charge in [0.25, 0.3) is 0 Å². The van der Waals surface area contributed by atoms with E-state index in [9.17, 15) is 14.4 Å². The molecule has 0 aliphatic heterocycles. The number of amides is 2. The van der Waals surface area contributed by atoms with E-state index in [-0.39, 0.29) is 22.5 Å². The lowest BCUT2D eigenvalue weighted by atomic mass is 9.92. The van der Waals surface area contributed by atoms with Crippen molar-refractivity contribution in [2.75, 3.05) is 32.5 Å². The molecule has 2 aromatic carbocycles. The monoisotopic (exact) mass is 440 g/mol. The molecule has 5 nitrogen and oxygen atoms in total. The number of nitrogens with one attached hydrogen (secondary N) is 1. The van der Waals surface area contributed by atoms with Crippen LogP contribution in [0.5, 0.6) is 0 Å². The van der Waals surface area contributed by atoms with Gasteiger partial charge < -0.3 is 15.1 Å². The first-order chi connectivity index (χ1) is 14.8. The molecule has 0 saturated heterocycles. The largest absolute Gasteiger partial charge is 0.322 e. The van der Waals surface area contributed by atoms with E-state index in [4.69, 9.17) is 11.6 Å². The van der Waals surface area contributed by atoms with Crippen LogP contribution < -0.4 is 5.32 Å². The second-order valence-electron chi connectivity index (χ2n) is 8.82. The summed E-state index contributed by atoms with van der Waals surface area (Å²) in [7, 11) is 3.97. The van der Waals surface area contributed by atoms with Crippen LogP contribution in [-0.4, -0.2) is 49.1 Å². The van der Waals surface area contributed by atoms with Crippen LogP contribution >= 0.6 is 11.6 Å². The summed E-state index contributed by atoms with van der Waals surface area (Å²) in [5.41, 5.74) is 2.43. The molecule has 2 aliphatic carbocycles. The molecule has 0 heterocycles. The van der Waals surface area contributed by atoms with Gasteiger partial charge >= 0.3 is 6.03 Å². The molecule has 31 heavy (non-hydrogen) atoms. The molecule has 0 radical (unpaired) electrons. The molecule has 3 atom stereocenters. The van der Waals surface area contributed by atoms with Gasteiger partial charge in [0.1, 0.15) is 5.82 Å². The minimum absolute atomic E-state index is 0.0166. The molecule has 0 aromatic heterocycles. The molecule has 0 spiro atoms. The summed E-state index contributed by atoms with van der Waals surface area (Å²) in [6.45, 7) is 1.35. The Balaban J connectivity index is 1.53. The molecule has 0 unspecified atom stereocenters. The Labute approximate surface area is 187 Å². The number of anilines is 1. The third kappa shape index (κ3) is 4.26. The highest BCUT2D eigenvalue weighted by Crippen LogP contribution is 2.65. The van der Waals surface area contributed by atoms with Crippen LogP contribution in [0.3, 0.4) is 0 Å². The fraction of sp³-hybridized carbons (Fsp3) is 0.417. The van der Waals surface area contributed by atoms with Gasteiger partial charge in [0.2, 0.25) is 0 Å². The standard InChI is InChI=1S/C24H26ClFN4O/c1-29(2)10-11-30(23(31)28-18-6-7-21(26)20(25)13-18)22-8-9-24(14-19(22)24)17-5-3-4-16(12-17)15-27/h3-7,12-13,19,22H,8-11,14H2,1-2H3,(H,28,31)/t19-,22-,24-/m1/s1. The minimum atomic E-state index is -0.512. The van der Waals surface area contributed by atoms with Crippen molar-refractivity contribution in [3.05, 3.63) is 64.4 Å². The highest BCUT2D eigenvalue weighted by Gasteiger charge is 2.64. The average Bonchev–Trinajstić information content (AvgIpc) is 3.38. The minimum Gasteiger partial charge on any atom is -0.320 e. The lowest BCUT2D eigenvalue weighted by Gasteiger charge is -2.31. The lowest BCUT2D eigenvalue weighted by molar-refractivity contribution is 0.172. The number of hydrogen-bond donors (Lipinski definition) is 1. The van der Waals surface area contributed by atoms with Crippen molar-refractivity contribution in [3.63, 3.8) is 0 Å². The van der Waals surface area contributed by atoms with Crippen LogP contribution in [0.2, 0.25) is 5.02 Å². The first kappa shape index (κ1) is 21.6. The van der Waals surface area contributed by atoms with E-state index in [1.165, 1.54) is 23.8 Å². The SMILES string of the molecule is CN(C)CCN(C(=O)Nc1ccc(F)c(Cl)c1)[C@@H]1CC[C@]2(c3cccc(C#N)c3)C[C@H]12. The van der Waals surface area contributed by atoms with Gasteiger partial charge in [0.05, 0.1) is 16.7 Å². The summed E-state index contributed by atoms with van der Waals surface area (Å²) >= 11 is 5.88. The number of benzene rings is 2. The zero-order valence-corrected chi connectivity index (χ0v) is 18.5. The molecule has 0 bridgehead atoms. The van der Waals surface area contributed by atoms with Crippen LogP contribution in [0.1, 0.15) is 30.4 Å². The third-order valence-corrected chi connectivity index (χ3v) is 6.96. The number of nitrogens with zero attached hydrogens (tertiary/aromatic N) is 3. The summed E-state index contributed by atoms with van der Waals surface area (Å²) < 4.78 is 13.5. The van der Waals surface area contributed by atoms with E-state index in [2.05, 4.69) is 22.4 Å². The van der Waals surface area contributed by atoms with E-state index in [0.717, 1.165) is 25.8 Å². The first-order valence-electron chi connectivity index (χ1n) is 10.5. The van der Waals surface area contributed by atoms with Gasteiger partial charge in [-0.2, -0.15) is 5.26 Å². The number of likely N-dealkylation sites (N-methyl/N-ethyl adjacent to an activating group) is 1. The van der Waals surface area contributed by atoms with E-state index in [1.807, 2.05) is 37.2 Å². The number of urea groups is 1. The Morgan fingerprint density at radius 3 is 2.77 bits per heavy atom. The van der Waals surface area contributed by atoms with Crippen molar-refractivity contribution in [1.82, 2.24) is 9.80 Å². The van der Waals surface area contributed by atoms with Crippen molar-refractivity contribution in [3.8, 4) is 6.07 Å².